The van der Waals surface area contributed by atoms with Crippen molar-refractivity contribution in [3.05, 3.63) is 47.7 Å². The van der Waals surface area contributed by atoms with Crippen LogP contribution in [0.4, 0.5) is 20.8 Å². The Labute approximate surface area is 156 Å². The van der Waals surface area contributed by atoms with Gasteiger partial charge in [-0.15, -0.1) is 0 Å². The number of rotatable bonds is 3. The fourth-order valence-electron chi connectivity index (χ4n) is 2.86. The van der Waals surface area contributed by atoms with E-state index in [0.29, 0.717) is 22.4 Å². The first kappa shape index (κ1) is 18.6. The highest BCUT2D eigenvalue weighted by Gasteiger charge is 2.32. The molecule has 0 fully saturated rings. The Bertz CT molecular complexity index is 976. The summed E-state index contributed by atoms with van der Waals surface area (Å²) in [7, 11) is 0. The number of carbonyl (C=O) groups is 1. The number of urea groups is 1. The Balaban J connectivity index is 1.89. The van der Waals surface area contributed by atoms with Gasteiger partial charge in [0.25, 0.3) is 0 Å². The van der Waals surface area contributed by atoms with Crippen molar-refractivity contribution in [3.8, 4) is 0 Å². The molecule has 3 rings (SSSR count). The second kappa shape index (κ2) is 6.86. The van der Waals surface area contributed by atoms with Crippen molar-refractivity contribution in [2.45, 2.75) is 33.7 Å². The van der Waals surface area contributed by atoms with E-state index in [-0.39, 0.29) is 17.2 Å². The van der Waals surface area contributed by atoms with Crippen molar-refractivity contribution in [1.82, 2.24) is 15.3 Å². The molecule has 0 saturated heterocycles. The number of nitrogens with zero attached hydrogens (tertiary/aromatic N) is 2. The van der Waals surface area contributed by atoms with Crippen LogP contribution in [0.3, 0.4) is 0 Å². The molecule has 1 atom stereocenters. The van der Waals surface area contributed by atoms with E-state index in [1.165, 1.54) is 24.5 Å². The number of anilines is 2. The summed E-state index contributed by atoms with van der Waals surface area (Å²) in [6, 6.07) is 3.50. The van der Waals surface area contributed by atoms with Gasteiger partial charge in [0.15, 0.2) is 0 Å². The highest BCUT2D eigenvalue weighted by atomic mass is 19.1. The van der Waals surface area contributed by atoms with E-state index in [1.54, 1.807) is 6.07 Å². The molecule has 0 unspecified atom stereocenters. The highest BCUT2D eigenvalue weighted by Crippen LogP contribution is 2.38. The van der Waals surface area contributed by atoms with Crippen LogP contribution in [0.2, 0.25) is 0 Å². The van der Waals surface area contributed by atoms with Crippen LogP contribution in [0.15, 0.2) is 35.0 Å². The van der Waals surface area contributed by atoms with Crippen molar-refractivity contribution in [2.75, 3.05) is 11.1 Å². The van der Waals surface area contributed by atoms with Crippen molar-refractivity contribution in [2.24, 2.45) is 5.41 Å². The fourth-order valence-corrected chi connectivity index (χ4v) is 2.86. The van der Waals surface area contributed by atoms with E-state index in [2.05, 4.69) is 20.6 Å². The number of aromatic nitrogens is 2. The van der Waals surface area contributed by atoms with Crippen LogP contribution < -0.4 is 16.4 Å². The van der Waals surface area contributed by atoms with Gasteiger partial charge in [0.1, 0.15) is 17.2 Å². The maximum Gasteiger partial charge on any atom is 0.319 e. The van der Waals surface area contributed by atoms with Gasteiger partial charge >= 0.3 is 6.03 Å². The van der Waals surface area contributed by atoms with E-state index in [1.807, 2.05) is 27.7 Å². The molecule has 0 aliphatic heterocycles. The van der Waals surface area contributed by atoms with Gasteiger partial charge in [-0.3, -0.25) is 0 Å². The molecule has 0 aliphatic rings. The first-order valence-electron chi connectivity index (χ1n) is 8.49. The Morgan fingerprint density at radius 2 is 1.93 bits per heavy atom. The van der Waals surface area contributed by atoms with Gasteiger partial charge in [0, 0.05) is 10.9 Å². The molecular formula is C19H22FN5O2. The van der Waals surface area contributed by atoms with Crippen molar-refractivity contribution in [3.63, 3.8) is 0 Å². The molecule has 2 aromatic heterocycles. The lowest BCUT2D eigenvalue weighted by atomic mass is 9.84. The molecule has 0 aliphatic carbocycles. The van der Waals surface area contributed by atoms with Gasteiger partial charge < -0.3 is 20.8 Å². The molecule has 0 saturated carbocycles. The molecule has 1 aromatic carbocycles. The average molecular weight is 371 g/mol. The molecule has 0 spiro atoms. The van der Waals surface area contributed by atoms with Crippen LogP contribution in [0.25, 0.3) is 11.0 Å². The molecule has 0 bridgehead atoms. The van der Waals surface area contributed by atoms with Gasteiger partial charge in [0.05, 0.1) is 24.1 Å². The number of hydrogen-bond donors (Lipinski definition) is 3. The molecule has 2 amide bonds. The number of nitrogens with two attached hydrogens (primary N) is 1. The van der Waals surface area contributed by atoms with Crippen LogP contribution in [-0.4, -0.2) is 16.0 Å². The van der Waals surface area contributed by atoms with E-state index in [9.17, 15) is 9.18 Å². The number of halogens is 1. The summed E-state index contributed by atoms with van der Waals surface area (Å²) in [5, 5.41) is 6.29. The second-order valence-corrected chi connectivity index (χ2v) is 7.46. The third-order valence-corrected chi connectivity index (χ3v) is 4.27. The molecule has 2 heterocycles. The SMILES string of the molecule is Cc1c([C@@H](NC(=O)Nc2cnc(N)nc2)C(C)(C)C)oc2ccc(F)cc12. The maximum absolute atomic E-state index is 13.6. The summed E-state index contributed by atoms with van der Waals surface area (Å²) >= 11 is 0. The summed E-state index contributed by atoms with van der Waals surface area (Å²) in [5.41, 5.74) is 6.87. The largest absolute Gasteiger partial charge is 0.459 e. The fraction of sp³-hybridized carbons (Fsp3) is 0.316. The van der Waals surface area contributed by atoms with Gasteiger partial charge in [-0.05, 0) is 30.5 Å². The molecule has 4 N–H and O–H groups in total. The number of nitrogens with one attached hydrogen (secondary N) is 2. The number of aryl methyl sites for hydroxylation is 1. The molecular weight excluding hydrogens is 349 g/mol. The zero-order valence-corrected chi connectivity index (χ0v) is 15.6. The van der Waals surface area contributed by atoms with E-state index < -0.39 is 12.1 Å². The number of fused-ring (bicyclic) bond motifs is 1. The number of carbonyl (C=O) groups excluding carboxylic acids is 1. The first-order valence-corrected chi connectivity index (χ1v) is 8.49. The Hall–Kier alpha value is -3.16. The number of amides is 2. The van der Waals surface area contributed by atoms with Crippen LogP contribution in [0.5, 0.6) is 0 Å². The quantitative estimate of drug-likeness (QED) is 0.641. The van der Waals surface area contributed by atoms with Crippen LogP contribution >= 0.6 is 0 Å². The van der Waals surface area contributed by atoms with Crippen molar-refractivity contribution >= 4 is 28.6 Å². The summed E-state index contributed by atoms with van der Waals surface area (Å²) in [4.78, 5) is 20.2. The number of furan rings is 1. The second-order valence-electron chi connectivity index (χ2n) is 7.46. The Morgan fingerprint density at radius 3 is 2.56 bits per heavy atom. The minimum atomic E-state index is -0.442. The monoisotopic (exact) mass is 371 g/mol. The summed E-state index contributed by atoms with van der Waals surface area (Å²) < 4.78 is 19.6. The predicted molar refractivity (Wildman–Crippen MR) is 102 cm³/mol. The zero-order chi connectivity index (χ0) is 19.8. The van der Waals surface area contributed by atoms with Gasteiger partial charge in [-0.25, -0.2) is 19.2 Å². The molecule has 142 valence electrons. The third-order valence-electron chi connectivity index (χ3n) is 4.27. The third kappa shape index (κ3) is 3.99. The molecule has 0 radical (unpaired) electrons. The predicted octanol–water partition coefficient (Wildman–Crippen LogP) is 4.16. The van der Waals surface area contributed by atoms with E-state index >= 15 is 0 Å². The minimum absolute atomic E-state index is 0.124. The summed E-state index contributed by atoms with van der Waals surface area (Å²) in [6.45, 7) is 7.80. The Kier molecular flexibility index (Phi) is 4.73. The lowest BCUT2D eigenvalue weighted by Gasteiger charge is -2.30. The maximum atomic E-state index is 13.6. The summed E-state index contributed by atoms with van der Waals surface area (Å²) in [5.74, 6) is 0.379. The smallest absolute Gasteiger partial charge is 0.319 e. The van der Waals surface area contributed by atoms with E-state index in [0.717, 1.165) is 5.56 Å². The summed E-state index contributed by atoms with van der Waals surface area (Å²) in [6.07, 6.45) is 2.84. The highest BCUT2D eigenvalue weighted by molar-refractivity contribution is 5.89. The Morgan fingerprint density at radius 1 is 1.26 bits per heavy atom. The van der Waals surface area contributed by atoms with Gasteiger partial charge in [-0.1, -0.05) is 20.8 Å². The molecule has 8 heteroatoms. The molecule has 3 aromatic rings. The number of benzene rings is 1. The zero-order valence-electron chi connectivity index (χ0n) is 15.6. The molecule has 7 nitrogen and oxygen atoms in total. The number of hydrogen-bond acceptors (Lipinski definition) is 5. The van der Waals surface area contributed by atoms with Crippen molar-refractivity contribution < 1.29 is 13.6 Å². The first-order chi connectivity index (χ1) is 12.6. The van der Waals surface area contributed by atoms with Crippen molar-refractivity contribution in [1.29, 1.82) is 0 Å². The lowest BCUT2D eigenvalue weighted by Crippen LogP contribution is -2.39. The topological polar surface area (TPSA) is 106 Å². The normalized spacial score (nSPS) is 12.8. The minimum Gasteiger partial charge on any atom is -0.459 e. The van der Waals surface area contributed by atoms with Crippen LogP contribution in [-0.2, 0) is 0 Å². The standard InChI is InChI=1S/C19H22FN5O2/c1-10-13-7-11(20)5-6-14(13)27-15(10)16(19(2,3)4)25-18(26)24-12-8-22-17(21)23-9-12/h5-9,16H,1-4H3,(H2,21,22,23)(H2,24,25,26)/t16-/m1/s1. The van der Waals surface area contributed by atoms with Gasteiger partial charge in [0.2, 0.25) is 5.95 Å². The van der Waals surface area contributed by atoms with Crippen LogP contribution in [0, 0.1) is 18.2 Å². The van der Waals surface area contributed by atoms with Gasteiger partial charge in [-0.2, -0.15) is 0 Å². The van der Waals surface area contributed by atoms with E-state index in [4.69, 9.17) is 10.2 Å². The number of nitrogen functional groups attached to an aromatic ring is 1. The lowest BCUT2D eigenvalue weighted by molar-refractivity contribution is 0.217. The average Bonchev–Trinajstić information content (AvgIpc) is 2.90. The van der Waals surface area contributed by atoms with Crippen LogP contribution in [0.1, 0.15) is 38.1 Å². The molecule has 27 heavy (non-hydrogen) atoms.